The van der Waals surface area contributed by atoms with Crippen molar-refractivity contribution in [3.05, 3.63) is 45.7 Å². The first-order valence-electron chi connectivity index (χ1n) is 10.2. The highest BCUT2D eigenvalue weighted by Crippen LogP contribution is 2.24. The zero-order valence-electron chi connectivity index (χ0n) is 18.1. The first-order valence-corrected chi connectivity index (χ1v) is 11.0. The van der Waals surface area contributed by atoms with E-state index in [-0.39, 0.29) is 22.6 Å². The number of rotatable bonds is 5. The summed E-state index contributed by atoms with van der Waals surface area (Å²) in [6, 6.07) is 4.05. The van der Waals surface area contributed by atoms with Crippen LogP contribution in [0, 0.1) is 6.92 Å². The summed E-state index contributed by atoms with van der Waals surface area (Å²) in [7, 11) is 0. The molecule has 2 aromatic rings. The molecule has 172 valence electrons. The van der Waals surface area contributed by atoms with Crippen LogP contribution in [0.25, 0.3) is 0 Å². The number of benzene rings is 1. The molecule has 1 saturated heterocycles. The molecular formula is C21H25Cl2N5O4. The predicted molar refractivity (Wildman–Crippen MR) is 121 cm³/mol. The van der Waals surface area contributed by atoms with E-state index in [1.807, 2.05) is 0 Å². The summed E-state index contributed by atoms with van der Waals surface area (Å²) in [6.45, 7) is 7.22. The molecular weight excluding hydrogens is 457 g/mol. The Kier molecular flexibility index (Phi) is 7.63. The molecule has 1 fully saturated rings. The number of hydrogen-bond donors (Lipinski definition) is 1. The van der Waals surface area contributed by atoms with Gasteiger partial charge in [-0.3, -0.25) is 14.3 Å². The summed E-state index contributed by atoms with van der Waals surface area (Å²) in [4.78, 5) is 40.7. The minimum absolute atomic E-state index is 0.116. The molecule has 0 radical (unpaired) electrons. The van der Waals surface area contributed by atoms with E-state index in [9.17, 15) is 14.4 Å². The Bertz CT molecular complexity index is 1020. The molecule has 3 amide bonds. The first-order chi connectivity index (χ1) is 15.2. The number of amides is 3. The quantitative estimate of drug-likeness (QED) is 0.703. The number of carbonyl (C=O) groups excluding carboxylic acids is 3. The van der Waals surface area contributed by atoms with Crippen LogP contribution in [0.15, 0.2) is 24.4 Å². The fourth-order valence-electron chi connectivity index (χ4n) is 3.37. The molecule has 1 aromatic heterocycles. The van der Waals surface area contributed by atoms with Crippen LogP contribution < -0.4 is 5.32 Å². The van der Waals surface area contributed by atoms with Gasteiger partial charge in [-0.2, -0.15) is 5.10 Å². The van der Waals surface area contributed by atoms with Gasteiger partial charge in [-0.25, -0.2) is 4.79 Å². The number of aryl methyl sites for hydroxylation is 1. The van der Waals surface area contributed by atoms with E-state index in [0.717, 1.165) is 0 Å². The van der Waals surface area contributed by atoms with Gasteiger partial charge >= 0.3 is 6.09 Å². The van der Waals surface area contributed by atoms with Gasteiger partial charge in [0.2, 0.25) is 5.91 Å². The van der Waals surface area contributed by atoms with Crippen molar-refractivity contribution in [2.45, 2.75) is 26.8 Å². The smallest absolute Gasteiger partial charge is 0.409 e. The average Bonchev–Trinajstić information content (AvgIpc) is 3.13. The predicted octanol–water partition coefficient (Wildman–Crippen LogP) is 3.61. The standard InChI is InChI=1S/C21H25Cl2N5O4/c1-4-32-21(31)27-9-7-26(8-10-27)20(30)14(3)28-12-18(13(2)25-28)24-19(29)16-6-5-15(22)11-17(16)23/h5-6,11-12,14H,4,7-10H2,1-3H3,(H,24,29). The fourth-order valence-corrected chi connectivity index (χ4v) is 3.86. The summed E-state index contributed by atoms with van der Waals surface area (Å²) in [5.41, 5.74) is 1.33. The third-order valence-electron chi connectivity index (χ3n) is 5.21. The van der Waals surface area contributed by atoms with Crippen molar-refractivity contribution in [3.8, 4) is 0 Å². The largest absolute Gasteiger partial charge is 0.450 e. The van der Waals surface area contributed by atoms with Crippen LogP contribution >= 0.6 is 23.2 Å². The minimum Gasteiger partial charge on any atom is -0.450 e. The molecule has 0 bridgehead atoms. The SMILES string of the molecule is CCOC(=O)N1CCN(C(=O)C(C)n2cc(NC(=O)c3ccc(Cl)cc3Cl)c(C)n2)CC1. The normalized spacial score (nSPS) is 14.8. The Morgan fingerprint density at radius 2 is 1.81 bits per heavy atom. The van der Waals surface area contributed by atoms with Gasteiger partial charge in [-0.1, -0.05) is 23.2 Å². The lowest BCUT2D eigenvalue weighted by Crippen LogP contribution is -2.52. The maximum atomic E-state index is 13.0. The number of halogens is 2. The molecule has 3 rings (SSSR count). The molecule has 1 aliphatic heterocycles. The minimum atomic E-state index is -0.576. The summed E-state index contributed by atoms with van der Waals surface area (Å²) < 4.78 is 6.53. The van der Waals surface area contributed by atoms with Crippen molar-refractivity contribution in [2.75, 3.05) is 38.1 Å². The van der Waals surface area contributed by atoms with E-state index >= 15 is 0 Å². The molecule has 32 heavy (non-hydrogen) atoms. The molecule has 9 nitrogen and oxygen atoms in total. The molecule has 11 heteroatoms. The fraction of sp³-hybridized carbons (Fsp3) is 0.429. The third-order valence-corrected chi connectivity index (χ3v) is 5.76. The van der Waals surface area contributed by atoms with Crippen LogP contribution in [0.3, 0.4) is 0 Å². The van der Waals surface area contributed by atoms with E-state index in [2.05, 4.69) is 10.4 Å². The molecule has 2 heterocycles. The van der Waals surface area contributed by atoms with Gasteiger partial charge in [0.25, 0.3) is 5.91 Å². The maximum absolute atomic E-state index is 13.0. The van der Waals surface area contributed by atoms with E-state index in [4.69, 9.17) is 27.9 Å². The van der Waals surface area contributed by atoms with E-state index in [1.165, 1.54) is 10.7 Å². The van der Waals surface area contributed by atoms with Crippen molar-refractivity contribution in [1.29, 1.82) is 0 Å². The van der Waals surface area contributed by atoms with E-state index < -0.39 is 11.9 Å². The van der Waals surface area contributed by atoms with Crippen molar-refractivity contribution in [3.63, 3.8) is 0 Å². The van der Waals surface area contributed by atoms with E-state index in [0.29, 0.717) is 49.2 Å². The highest BCUT2D eigenvalue weighted by atomic mass is 35.5. The number of anilines is 1. The summed E-state index contributed by atoms with van der Waals surface area (Å²) in [6.07, 6.45) is 1.26. The van der Waals surface area contributed by atoms with Crippen molar-refractivity contribution in [1.82, 2.24) is 19.6 Å². The number of piperazine rings is 1. The lowest BCUT2D eigenvalue weighted by Gasteiger charge is -2.35. The Morgan fingerprint density at radius 1 is 1.16 bits per heavy atom. The second-order valence-corrected chi connectivity index (χ2v) is 8.22. The number of nitrogens with one attached hydrogen (secondary N) is 1. The first kappa shape index (κ1) is 23.9. The zero-order valence-corrected chi connectivity index (χ0v) is 19.6. The molecule has 0 saturated carbocycles. The summed E-state index contributed by atoms with van der Waals surface area (Å²) >= 11 is 12.0. The van der Waals surface area contributed by atoms with Crippen molar-refractivity contribution < 1.29 is 19.1 Å². The molecule has 1 atom stereocenters. The lowest BCUT2D eigenvalue weighted by atomic mass is 10.2. The second kappa shape index (κ2) is 10.2. The van der Waals surface area contributed by atoms with Crippen LogP contribution in [-0.2, 0) is 9.53 Å². The Balaban J connectivity index is 1.64. The molecule has 1 unspecified atom stereocenters. The number of aromatic nitrogens is 2. The van der Waals surface area contributed by atoms with Gasteiger partial charge < -0.3 is 19.9 Å². The number of carbonyl (C=O) groups is 3. The highest BCUT2D eigenvalue weighted by molar-refractivity contribution is 6.37. The molecule has 1 aliphatic rings. The van der Waals surface area contributed by atoms with Gasteiger partial charge in [-0.05, 0) is 39.0 Å². The zero-order chi connectivity index (χ0) is 23.4. The monoisotopic (exact) mass is 481 g/mol. The molecule has 1 aromatic carbocycles. The lowest BCUT2D eigenvalue weighted by molar-refractivity contribution is -0.136. The number of ether oxygens (including phenoxy) is 1. The van der Waals surface area contributed by atoms with Crippen LogP contribution in [0.1, 0.15) is 35.9 Å². The maximum Gasteiger partial charge on any atom is 0.409 e. The topological polar surface area (TPSA) is 96.8 Å². The number of hydrogen-bond acceptors (Lipinski definition) is 5. The van der Waals surface area contributed by atoms with Gasteiger partial charge in [0, 0.05) is 37.4 Å². The molecule has 1 N–H and O–H groups in total. The highest BCUT2D eigenvalue weighted by Gasteiger charge is 2.29. The summed E-state index contributed by atoms with van der Waals surface area (Å²) in [5, 5.41) is 7.85. The van der Waals surface area contributed by atoms with E-state index in [1.54, 1.807) is 48.9 Å². The Labute approximate surface area is 196 Å². The van der Waals surface area contributed by atoms with Crippen LogP contribution in [0.4, 0.5) is 10.5 Å². The van der Waals surface area contributed by atoms with Gasteiger partial charge in [0.15, 0.2) is 0 Å². The van der Waals surface area contributed by atoms with Crippen molar-refractivity contribution in [2.24, 2.45) is 0 Å². The second-order valence-electron chi connectivity index (χ2n) is 7.37. The van der Waals surface area contributed by atoms with Crippen LogP contribution in [0.2, 0.25) is 10.0 Å². The average molecular weight is 482 g/mol. The van der Waals surface area contributed by atoms with Gasteiger partial charge in [0.05, 0.1) is 28.6 Å². The van der Waals surface area contributed by atoms with Crippen LogP contribution in [-0.4, -0.2) is 70.3 Å². The molecule has 0 aliphatic carbocycles. The van der Waals surface area contributed by atoms with Crippen LogP contribution in [0.5, 0.6) is 0 Å². The van der Waals surface area contributed by atoms with Crippen molar-refractivity contribution >= 4 is 46.8 Å². The third kappa shape index (κ3) is 5.34. The Morgan fingerprint density at radius 3 is 2.44 bits per heavy atom. The molecule has 0 spiro atoms. The van der Waals surface area contributed by atoms with Gasteiger partial charge in [-0.15, -0.1) is 0 Å². The summed E-state index contributed by atoms with van der Waals surface area (Å²) in [5.74, 6) is -0.516. The number of nitrogens with zero attached hydrogens (tertiary/aromatic N) is 4. The Hall–Kier alpha value is -2.78. The van der Waals surface area contributed by atoms with Gasteiger partial charge in [0.1, 0.15) is 6.04 Å².